The Bertz CT molecular complexity index is 1990. The minimum absolute atomic E-state index is 0.0969. The average molecular weight is 625 g/mol. The van der Waals surface area contributed by atoms with Crippen LogP contribution in [0.3, 0.4) is 0 Å². The molecule has 9 heteroatoms. The normalized spacial score (nSPS) is 11.2. The number of nitrogens with one attached hydrogen (secondary N) is 3. The second-order valence-corrected chi connectivity index (χ2v) is 11.2. The van der Waals surface area contributed by atoms with Gasteiger partial charge in [0.1, 0.15) is 11.2 Å². The van der Waals surface area contributed by atoms with Crippen molar-refractivity contribution in [2.45, 2.75) is 4.90 Å². The van der Waals surface area contributed by atoms with Gasteiger partial charge in [-0.2, -0.15) is 0 Å². The molecule has 0 spiro atoms. The second-order valence-electron chi connectivity index (χ2n) is 10.2. The number of carbonyl (C=O) groups is 3. The summed E-state index contributed by atoms with van der Waals surface area (Å²) in [6.45, 7) is 0. The Balaban J connectivity index is 1.07. The third-order valence-electron chi connectivity index (χ3n) is 6.81. The maximum atomic E-state index is 13.3. The summed E-state index contributed by atoms with van der Waals surface area (Å²) in [5.74, 6) is -0.367. The molecule has 0 aliphatic heterocycles. The van der Waals surface area contributed by atoms with E-state index in [1.807, 2.05) is 78.9 Å². The molecule has 3 N–H and O–H groups in total. The van der Waals surface area contributed by atoms with Crippen LogP contribution in [-0.2, 0) is 9.59 Å². The van der Waals surface area contributed by atoms with Crippen LogP contribution in [0.2, 0.25) is 0 Å². The number of nitrogens with zero attached hydrogens (tertiary/aromatic N) is 1. The fraction of sp³-hybridized carbons (Fsp3) is 0.0270. The van der Waals surface area contributed by atoms with Gasteiger partial charge in [-0.15, -0.1) is 11.8 Å². The lowest BCUT2D eigenvalue weighted by molar-refractivity contribution is -0.114. The standard InChI is InChI=1S/C37H28N4O4S/c42-34(38-28-20-18-27(19-21-28)37-41-31-16-7-8-17-33(31)45-37)24-46-30-15-9-14-29(23-30)39-36(44)32(22-25-10-3-1-4-11-25)40-35(43)26-12-5-2-6-13-26/h1-23H,24H2,(H,38,42)(H,39,44)(H,40,43)/b32-22-. The molecule has 0 unspecified atom stereocenters. The lowest BCUT2D eigenvalue weighted by Gasteiger charge is -2.12. The Morgan fingerprint density at radius 3 is 2.20 bits per heavy atom. The monoisotopic (exact) mass is 624 g/mol. The van der Waals surface area contributed by atoms with Gasteiger partial charge in [0, 0.05) is 27.4 Å². The Morgan fingerprint density at radius 1 is 0.717 bits per heavy atom. The molecule has 0 bridgehead atoms. The predicted molar refractivity (Wildman–Crippen MR) is 182 cm³/mol. The van der Waals surface area contributed by atoms with E-state index in [0.29, 0.717) is 22.8 Å². The number of thioether (sulfide) groups is 1. The quantitative estimate of drug-likeness (QED) is 0.107. The number of carbonyl (C=O) groups excluding carboxylic acids is 3. The lowest BCUT2D eigenvalue weighted by Crippen LogP contribution is -2.30. The second kappa shape index (κ2) is 14.2. The molecule has 46 heavy (non-hydrogen) atoms. The van der Waals surface area contributed by atoms with Gasteiger partial charge in [0.15, 0.2) is 5.58 Å². The van der Waals surface area contributed by atoms with Gasteiger partial charge in [-0.1, -0.05) is 66.7 Å². The van der Waals surface area contributed by atoms with E-state index in [1.54, 1.807) is 60.7 Å². The molecule has 0 radical (unpaired) electrons. The maximum absolute atomic E-state index is 13.3. The van der Waals surface area contributed by atoms with Gasteiger partial charge in [-0.05, 0) is 78.4 Å². The molecule has 0 aliphatic carbocycles. The number of benzene rings is 5. The molecule has 6 aromatic rings. The molecular weight excluding hydrogens is 596 g/mol. The first-order valence-electron chi connectivity index (χ1n) is 14.4. The van der Waals surface area contributed by atoms with E-state index in [0.717, 1.165) is 27.1 Å². The molecule has 1 aromatic heterocycles. The molecular formula is C37H28N4O4S. The van der Waals surface area contributed by atoms with Crippen LogP contribution in [0.4, 0.5) is 11.4 Å². The molecule has 0 saturated carbocycles. The molecule has 1 heterocycles. The predicted octanol–water partition coefficient (Wildman–Crippen LogP) is 7.64. The molecule has 5 aromatic carbocycles. The SMILES string of the molecule is O=C(CSc1cccc(NC(=O)/C(=C/c2ccccc2)NC(=O)c2ccccc2)c1)Nc1ccc(-c2nc3ccccc3o2)cc1. The molecule has 0 saturated heterocycles. The van der Waals surface area contributed by atoms with E-state index in [9.17, 15) is 14.4 Å². The average Bonchev–Trinajstić information content (AvgIpc) is 3.53. The van der Waals surface area contributed by atoms with Gasteiger partial charge < -0.3 is 20.4 Å². The van der Waals surface area contributed by atoms with Gasteiger partial charge in [0.2, 0.25) is 11.8 Å². The number of amides is 3. The molecule has 0 aliphatic rings. The van der Waals surface area contributed by atoms with E-state index in [1.165, 1.54) is 11.8 Å². The third-order valence-corrected chi connectivity index (χ3v) is 7.80. The van der Waals surface area contributed by atoms with Crippen LogP contribution in [0.1, 0.15) is 15.9 Å². The first kappa shape index (κ1) is 30.1. The Labute approximate surface area is 269 Å². The number of hydrogen-bond acceptors (Lipinski definition) is 6. The van der Waals surface area contributed by atoms with Crippen LogP contribution in [0.15, 0.2) is 148 Å². The summed E-state index contributed by atoms with van der Waals surface area (Å²) in [5, 5.41) is 8.51. The van der Waals surface area contributed by atoms with Gasteiger partial charge >= 0.3 is 0 Å². The van der Waals surface area contributed by atoms with Gasteiger partial charge in [-0.3, -0.25) is 14.4 Å². The topological polar surface area (TPSA) is 113 Å². The van der Waals surface area contributed by atoms with Crippen LogP contribution in [0.25, 0.3) is 28.6 Å². The molecule has 8 nitrogen and oxygen atoms in total. The highest BCUT2D eigenvalue weighted by Gasteiger charge is 2.16. The summed E-state index contributed by atoms with van der Waals surface area (Å²) in [7, 11) is 0. The minimum atomic E-state index is -0.477. The zero-order valence-corrected chi connectivity index (χ0v) is 25.3. The number of hydrogen-bond donors (Lipinski definition) is 3. The van der Waals surface area contributed by atoms with E-state index in [2.05, 4.69) is 20.9 Å². The first-order chi connectivity index (χ1) is 22.5. The lowest BCUT2D eigenvalue weighted by atomic mass is 10.1. The van der Waals surface area contributed by atoms with Crippen LogP contribution < -0.4 is 16.0 Å². The van der Waals surface area contributed by atoms with Gasteiger partial charge in [0.05, 0.1) is 5.75 Å². The zero-order chi connectivity index (χ0) is 31.7. The van der Waals surface area contributed by atoms with Crippen LogP contribution in [-0.4, -0.2) is 28.5 Å². The van der Waals surface area contributed by atoms with Crippen LogP contribution in [0.5, 0.6) is 0 Å². The van der Waals surface area contributed by atoms with E-state index >= 15 is 0 Å². The van der Waals surface area contributed by atoms with Crippen molar-refractivity contribution < 1.29 is 18.8 Å². The number of aromatic nitrogens is 1. The largest absolute Gasteiger partial charge is 0.436 e. The van der Waals surface area contributed by atoms with Gasteiger partial charge in [0.25, 0.3) is 11.8 Å². The van der Waals surface area contributed by atoms with Crippen molar-refractivity contribution >= 4 is 58.0 Å². The van der Waals surface area contributed by atoms with Crippen molar-refractivity contribution in [1.29, 1.82) is 0 Å². The smallest absolute Gasteiger partial charge is 0.272 e. The first-order valence-corrected chi connectivity index (χ1v) is 15.4. The third kappa shape index (κ3) is 7.77. The maximum Gasteiger partial charge on any atom is 0.272 e. The van der Waals surface area contributed by atoms with E-state index < -0.39 is 11.8 Å². The highest BCUT2D eigenvalue weighted by molar-refractivity contribution is 8.00. The van der Waals surface area contributed by atoms with Crippen LogP contribution in [0, 0.1) is 0 Å². The zero-order valence-electron chi connectivity index (χ0n) is 24.5. The van der Waals surface area contributed by atoms with Gasteiger partial charge in [-0.25, -0.2) is 4.98 Å². The fourth-order valence-electron chi connectivity index (χ4n) is 4.56. The summed E-state index contributed by atoms with van der Waals surface area (Å²) in [4.78, 5) is 44.2. The number of para-hydroxylation sites is 2. The van der Waals surface area contributed by atoms with Crippen LogP contribution >= 0.6 is 11.8 Å². The van der Waals surface area contributed by atoms with Crippen molar-refractivity contribution in [1.82, 2.24) is 10.3 Å². The Morgan fingerprint density at radius 2 is 1.43 bits per heavy atom. The summed E-state index contributed by atoms with van der Waals surface area (Å²) in [5.41, 5.74) is 4.79. The number of oxazole rings is 1. The molecule has 226 valence electrons. The van der Waals surface area contributed by atoms with Crippen molar-refractivity contribution in [3.63, 3.8) is 0 Å². The highest BCUT2D eigenvalue weighted by atomic mass is 32.2. The van der Waals surface area contributed by atoms with Crippen molar-refractivity contribution in [3.8, 4) is 11.5 Å². The summed E-state index contributed by atoms with van der Waals surface area (Å²) < 4.78 is 5.82. The molecule has 3 amide bonds. The summed E-state index contributed by atoms with van der Waals surface area (Å²) in [6, 6.07) is 40.0. The Kier molecular flexibility index (Phi) is 9.32. The van der Waals surface area contributed by atoms with Crippen molar-refractivity contribution in [3.05, 3.63) is 150 Å². The fourth-order valence-corrected chi connectivity index (χ4v) is 5.31. The number of rotatable bonds is 10. The van der Waals surface area contributed by atoms with E-state index in [-0.39, 0.29) is 17.4 Å². The summed E-state index contributed by atoms with van der Waals surface area (Å²) >= 11 is 1.34. The molecule has 0 fully saturated rings. The Hall–Kier alpha value is -5.93. The highest BCUT2D eigenvalue weighted by Crippen LogP contribution is 2.26. The summed E-state index contributed by atoms with van der Waals surface area (Å²) in [6.07, 6.45) is 1.62. The minimum Gasteiger partial charge on any atom is -0.436 e. The molecule has 0 atom stereocenters. The van der Waals surface area contributed by atoms with Crippen molar-refractivity contribution in [2.24, 2.45) is 0 Å². The van der Waals surface area contributed by atoms with E-state index in [4.69, 9.17) is 4.42 Å². The van der Waals surface area contributed by atoms with Crippen molar-refractivity contribution in [2.75, 3.05) is 16.4 Å². The molecule has 6 rings (SSSR count). The number of anilines is 2. The number of fused-ring (bicyclic) bond motifs is 1.